The summed E-state index contributed by atoms with van der Waals surface area (Å²) in [5.41, 5.74) is 3.09. The Balaban J connectivity index is 1.78. The van der Waals surface area contributed by atoms with Gasteiger partial charge in [-0.15, -0.1) is 0 Å². The normalized spacial score (nSPS) is 11.9. The molecule has 0 spiro atoms. The van der Waals surface area contributed by atoms with Crippen LogP contribution in [0.5, 0.6) is 5.75 Å². The number of carbonyl (C=O) groups is 1. The number of unbranched alkanes of at least 4 members (excludes halogenated alkanes) is 3. The first-order valence-corrected chi connectivity index (χ1v) is 11.8. The molecule has 0 aliphatic rings. The number of ether oxygens (including phenoxy) is 1. The molecular formula is C28H34N2O3. The zero-order chi connectivity index (χ0) is 23.6. The predicted molar refractivity (Wildman–Crippen MR) is 132 cm³/mol. The molecule has 3 rings (SSSR count). The van der Waals surface area contributed by atoms with Crippen LogP contribution < -0.4 is 4.74 Å². The van der Waals surface area contributed by atoms with Crippen molar-refractivity contribution in [3.05, 3.63) is 84.2 Å². The Bertz CT molecular complexity index is 1000. The molecule has 1 atom stereocenters. The van der Waals surface area contributed by atoms with Crippen LogP contribution in [0.4, 0.5) is 0 Å². The minimum absolute atomic E-state index is 0.205. The van der Waals surface area contributed by atoms with Crippen LogP contribution in [-0.2, 0) is 0 Å². The van der Waals surface area contributed by atoms with Crippen molar-refractivity contribution in [1.29, 1.82) is 0 Å². The van der Waals surface area contributed by atoms with Crippen LogP contribution >= 0.6 is 0 Å². The van der Waals surface area contributed by atoms with E-state index < -0.39 is 6.23 Å². The highest BCUT2D eigenvalue weighted by molar-refractivity contribution is 5.95. The average molecular weight is 447 g/mol. The number of aliphatic hydroxyl groups excluding tert-OH is 1. The standard InChI is InChI=1S/C28H34N2O3/c1-4-5-6-9-19-33-26-13-8-7-12-25(26)28(32)30(21(2)3)27(31)23-16-14-22(15-17-23)24-11-10-18-29-20-24/h7-8,10-18,20-21,28,32H,4-6,9,19H2,1-3H3. The molecule has 1 N–H and O–H groups in total. The maximum atomic E-state index is 13.4. The molecule has 1 heterocycles. The Labute approximate surface area is 197 Å². The number of benzene rings is 2. The van der Waals surface area contributed by atoms with Crippen LogP contribution in [0.3, 0.4) is 0 Å². The van der Waals surface area contributed by atoms with Gasteiger partial charge in [-0.05, 0) is 55.7 Å². The molecule has 1 amide bonds. The number of aromatic nitrogens is 1. The lowest BCUT2D eigenvalue weighted by Crippen LogP contribution is -2.40. The van der Waals surface area contributed by atoms with E-state index in [2.05, 4.69) is 11.9 Å². The van der Waals surface area contributed by atoms with Crippen molar-refractivity contribution in [2.45, 2.75) is 58.7 Å². The van der Waals surface area contributed by atoms with E-state index in [1.165, 1.54) is 17.7 Å². The van der Waals surface area contributed by atoms with Gasteiger partial charge in [0.15, 0.2) is 6.23 Å². The third kappa shape index (κ3) is 6.42. The molecule has 1 unspecified atom stereocenters. The maximum Gasteiger partial charge on any atom is 0.256 e. The molecule has 0 fully saturated rings. The molecule has 5 nitrogen and oxygen atoms in total. The molecule has 2 aromatic carbocycles. The largest absolute Gasteiger partial charge is 0.493 e. The fourth-order valence-corrected chi connectivity index (χ4v) is 3.80. The quantitative estimate of drug-likeness (QED) is 0.279. The molecule has 0 bridgehead atoms. The minimum Gasteiger partial charge on any atom is -0.493 e. The first-order chi connectivity index (χ1) is 16.0. The van der Waals surface area contributed by atoms with Gasteiger partial charge in [0.2, 0.25) is 0 Å². The van der Waals surface area contributed by atoms with Gasteiger partial charge in [0.25, 0.3) is 5.91 Å². The van der Waals surface area contributed by atoms with Crippen molar-refractivity contribution in [3.63, 3.8) is 0 Å². The molecule has 5 heteroatoms. The Morgan fingerprint density at radius 1 is 0.970 bits per heavy atom. The Morgan fingerprint density at radius 2 is 1.73 bits per heavy atom. The topological polar surface area (TPSA) is 62.7 Å². The second-order valence-corrected chi connectivity index (χ2v) is 8.45. The molecule has 33 heavy (non-hydrogen) atoms. The lowest BCUT2D eigenvalue weighted by molar-refractivity contribution is -0.00891. The summed E-state index contributed by atoms with van der Waals surface area (Å²) >= 11 is 0. The maximum absolute atomic E-state index is 13.4. The summed E-state index contributed by atoms with van der Waals surface area (Å²) in [5, 5.41) is 11.3. The van der Waals surface area contributed by atoms with Crippen LogP contribution in [0.1, 0.15) is 68.6 Å². The molecular weight excluding hydrogens is 412 g/mol. The molecule has 3 aromatic rings. The van der Waals surface area contributed by atoms with E-state index in [0.29, 0.717) is 23.5 Å². The summed E-state index contributed by atoms with van der Waals surface area (Å²) < 4.78 is 5.98. The van der Waals surface area contributed by atoms with E-state index >= 15 is 0 Å². The van der Waals surface area contributed by atoms with Crippen molar-refractivity contribution in [2.75, 3.05) is 6.61 Å². The van der Waals surface area contributed by atoms with Gasteiger partial charge in [0.05, 0.1) is 6.61 Å². The molecule has 0 saturated heterocycles. The van der Waals surface area contributed by atoms with Crippen molar-refractivity contribution in [3.8, 4) is 16.9 Å². The Kier molecular flexibility index (Phi) is 9.02. The van der Waals surface area contributed by atoms with E-state index in [1.54, 1.807) is 24.5 Å². The minimum atomic E-state index is -1.11. The molecule has 174 valence electrons. The lowest BCUT2D eigenvalue weighted by atomic mass is 10.0. The fraction of sp³-hybridized carbons (Fsp3) is 0.357. The van der Waals surface area contributed by atoms with E-state index in [-0.39, 0.29) is 11.9 Å². The van der Waals surface area contributed by atoms with Crippen LogP contribution in [0.25, 0.3) is 11.1 Å². The van der Waals surface area contributed by atoms with Gasteiger partial charge < -0.3 is 14.7 Å². The van der Waals surface area contributed by atoms with E-state index in [9.17, 15) is 9.90 Å². The highest BCUT2D eigenvalue weighted by Crippen LogP contribution is 2.31. The third-order valence-corrected chi connectivity index (χ3v) is 5.63. The second kappa shape index (κ2) is 12.2. The number of rotatable bonds is 11. The molecule has 0 saturated carbocycles. The summed E-state index contributed by atoms with van der Waals surface area (Å²) in [5.74, 6) is 0.389. The van der Waals surface area contributed by atoms with Crippen molar-refractivity contribution in [1.82, 2.24) is 9.88 Å². The summed E-state index contributed by atoms with van der Waals surface area (Å²) in [6.45, 7) is 6.57. The number of nitrogens with zero attached hydrogens (tertiary/aromatic N) is 2. The van der Waals surface area contributed by atoms with E-state index in [1.807, 2.05) is 62.4 Å². The van der Waals surface area contributed by atoms with Gasteiger partial charge in [-0.25, -0.2) is 0 Å². The zero-order valence-corrected chi connectivity index (χ0v) is 19.8. The Morgan fingerprint density at radius 3 is 2.39 bits per heavy atom. The van der Waals surface area contributed by atoms with Crippen LogP contribution in [0, 0.1) is 0 Å². The highest BCUT2D eigenvalue weighted by Gasteiger charge is 2.28. The van der Waals surface area contributed by atoms with E-state index in [4.69, 9.17) is 4.74 Å². The summed E-state index contributed by atoms with van der Waals surface area (Å²) in [4.78, 5) is 19.1. The smallest absolute Gasteiger partial charge is 0.256 e. The number of aliphatic hydroxyl groups is 1. The van der Waals surface area contributed by atoms with Gasteiger partial charge in [0.1, 0.15) is 5.75 Å². The summed E-state index contributed by atoms with van der Waals surface area (Å²) in [6.07, 6.45) is 6.85. The number of hydrogen-bond donors (Lipinski definition) is 1. The third-order valence-electron chi connectivity index (χ3n) is 5.63. The number of hydrogen-bond acceptors (Lipinski definition) is 4. The van der Waals surface area contributed by atoms with Gasteiger partial charge in [-0.2, -0.15) is 0 Å². The van der Waals surface area contributed by atoms with Gasteiger partial charge in [-0.1, -0.05) is 62.6 Å². The second-order valence-electron chi connectivity index (χ2n) is 8.45. The number of amides is 1. The monoisotopic (exact) mass is 446 g/mol. The lowest BCUT2D eigenvalue weighted by Gasteiger charge is -2.32. The molecule has 0 radical (unpaired) electrons. The van der Waals surface area contributed by atoms with Crippen LogP contribution in [-0.4, -0.2) is 33.5 Å². The van der Waals surface area contributed by atoms with Gasteiger partial charge in [0, 0.05) is 29.6 Å². The van der Waals surface area contributed by atoms with Crippen molar-refractivity contribution >= 4 is 5.91 Å². The van der Waals surface area contributed by atoms with Crippen molar-refractivity contribution in [2.24, 2.45) is 0 Å². The van der Waals surface area contributed by atoms with Crippen molar-refractivity contribution < 1.29 is 14.6 Å². The van der Waals surface area contributed by atoms with Gasteiger partial charge >= 0.3 is 0 Å². The molecule has 0 aliphatic heterocycles. The van der Waals surface area contributed by atoms with E-state index in [0.717, 1.165) is 24.0 Å². The molecule has 1 aromatic heterocycles. The first-order valence-electron chi connectivity index (χ1n) is 11.8. The fourth-order valence-electron chi connectivity index (χ4n) is 3.80. The SMILES string of the molecule is CCCCCCOc1ccccc1C(O)N(C(=O)c1ccc(-c2cccnc2)cc1)C(C)C. The zero-order valence-electron chi connectivity index (χ0n) is 19.8. The molecule has 0 aliphatic carbocycles. The average Bonchev–Trinajstić information content (AvgIpc) is 2.84. The summed E-state index contributed by atoms with van der Waals surface area (Å²) in [7, 11) is 0. The van der Waals surface area contributed by atoms with Crippen LogP contribution in [0.15, 0.2) is 73.1 Å². The number of carbonyl (C=O) groups excluding carboxylic acids is 1. The predicted octanol–water partition coefficient (Wildman–Crippen LogP) is 6.25. The Hall–Kier alpha value is -3.18. The van der Waals surface area contributed by atoms with Crippen LogP contribution in [0.2, 0.25) is 0 Å². The summed E-state index contributed by atoms with van der Waals surface area (Å²) in [6, 6.07) is 18.5. The first kappa shape index (κ1) is 24.5. The number of pyridine rings is 1. The number of para-hydroxylation sites is 1. The van der Waals surface area contributed by atoms with Gasteiger partial charge in [-0.3, -0.25) is 9.78 Å². The highest BCUT2D eigenvalue weighted by atomic mass is 16.5.